The molecule has 0 aliphatic heterocycles. The number of carbonyl (C=O) groups is 1. The summed E-state index contributed by atoms with van der Waals surface area (Å²) in [5.41, 5.74) is 2.97. The van der Waals surface area contributed by atoms with E-state index in [4.69, 9.17) is 4.74 Å². The van der Waals surface area contributed by atoms with Crippen molar-refractivity contribution in [2.24, 2.45) is 0 Å². The molecule has 0 aromatic heterocycles. The lowest BCUT2D eigenvalue weighted by atomic mass is 10.1. The van der Waals surface area contributed by atoms with Crippen LogP contribution in [0.4, 0.5) is 5.69 Å². The Bertz CT molecular complexity index is 605. The van der Waals surface area contributed by atoms with Gasteiger partial charge in [-0.1, -0.05) is 18.2 Å². The Hall–Kier alpha value is -1.81. The summed E-state index contributed by atoms with van der Waals surface area (Å²) in [6, 6.07) is 13.4. The van der Waals surface area contributed by atoms with E-state index >= 15 is 0 Å². The molecule has 104 valence electrons. The number of halogens is 1. The second kappa shape index (κ2) is 6.57. The fourth-order valence-electron chi connectivity index (χ4n) is 1.91. The highest BCUT2D eigenvalue weighted by Crippen LogP contribution is 2.21. The molecule has 0 aliphatic carbocycles. The molecule has 0 heterocycles. The fraction of sp³-hybridized carbons (Fsp3) is 0.188. The number of carbonyl (C=O) groups excluding carboxylic acids is 1. The van der Waals surface area contributed by atoms with Crippen molar-refractivity contribution in [3.63, 3.8) is 0 Å². The summed E-state index contributed by atoms with van der Waals surface area (Å²) in [5, 5.41) is 2.80. The van der Waals surface area contributed by atoms with Crippen LogP contribution in [-0.4, -0.2) is 12.5 Å². The van der Waals surface area contributed by atoms with Gasteiger partial charge in [0.05, 0.1) is 5.69 Å². The van der Waals surface area contributed by atoms with Gasteiger partial charge in [-0.2, -0.15) is 0 Å². The number of anilines is 1. The molecule has 4 heteroatoms. The Morgan fingerprint density at radius 2 is 1.80 bits per heavy atom. The van der Waals surface area contributed by atoms with Gasteiger partial charge in [0.25, 0.3) is 5.91 Å². The van der Waals surface area contributed by atoms with Crippen molar-refractivity contribution in [1.29, 1.82) is 0 Å². The minimum absolute atomic E-state index is 0.00969. The Balaban J connectivity index is 1.94. The van der Waals surface area contributed by atoms with E-state index < -0.39 is 0 Å². The molecule has 0 saturated carbocycles. The number of ether oxygens (including phenoxy) is 1. The average Bonchev–Trinajstić information content (AvgIpc) is 2.38. The van der Waals surface area contributed by atoms with Crippen molar-refractivity contribution < 1.29 is 9.53 Å². The number of amides is 1. The molecular formula is C16H16BrNO2. The quantitative estimate of drug-likeness (QED) is 0.915. The summed E-state index contributed by atoms with van der Waals surface area (Å²) in [6.45, 7) is 3.99. The summed E-state index contributed by atoms with van der Waals surface area (Å²) in [7, 11) is 0. The maximum atomic E-state index is 11.9. The molecule has 2 aromatic carbocycles. The van der Waals surface area contributed by atoms with Crippen molar-refractivity contribution in [2.75, 3.05) is 11.9 Å². The summed E-state index contributed by atoms with van der Waals surface area (Å²) in [5.74, 6) is 0.529. The topological polar surface area (TPSA) is 38.3 Å². The Kier molecular flexibility index (Phi) is 4.79. The van der Waals surface area contributed by atoms with Gasteiger partial charge in [-0.3, -0.25) is 4.79 Å². The van der Waals surface area contributed by atoms with Gasteiger partial charge >= 0.3 is 0 Å². The number of para-hydroxylation sites is 1. The first-order chi connectivity index (χ1) is 9.54. The van der Waals surface area contributed by atoms with Crippen LogP contribution in [0.3, 0.4) is 0 Å². The van der Waals surface area contributed by atoms with E-state index in [1.807, 2.05) is 50.2 Å². The molecule has 0 radical (unpaired) electrons. The highest BCUT2D eigenvalue weighted by Gasteiger charge is 2.06. The summed E-state index contributed by atoms with van der Waals surface area (Å²) in [6.07, 6.45) is 0. The zero-order valence-corrected chi connectivity index (χ0v) is 13.0. The highest BCUT2D eigenvalue weighted by molar-refractivity contribution is 9.10. The van der Waals surface area contributed by atoms with E-state index in [1.54, 1.807) is 0 Å². The van der Waals surface area contributed by atoms with E-state index in [0.29, 0.717) is 5.75 Å². The molecule has 0 saturated heterocycles. The van der Waals surface area contributed by atoms with Crippen LogP contribution >= 0.6 is 15.9 Å². The molecule has 1 N–H and O–H groups in total. The van der Waals surface area contributed by atoms with Gasteiger partial charge in [-0.25, -0.2) is 0 Å². The maximum absolute atomic E-state index is 11.9. The third-order valence-corrected chi connectivity index (χ3v) is 3.40. The number of benzene rings is 2. The van der Waals surface area contributed by atoms with Crippen molar-refractivity contribution in [2.45, 2.75) is 13.8 Å². The van der Waals surface area contributed by atoms with Crippen LogP contribution < -0.4 is 10.1 Å². The zero-order chi connectivity index (χ0) is 14.5. The number of nitrogens with one attached hydrogen (secondary N) is 1. The van der Waals surface area contributed by atoms with Gasteiger partial charge < -0.3 is 10.1 Å². The molecule has 3 nitrogen and oxygen atoms in total. The normalized spacial score (nSPS) is 10.2. The third-order valence-electron chi connectivity index (χ3n) is 2.71. The second-order valence-corrected chi connectivity index (χ2v) is 5.49. The molecule has 2 rings (SSSR count). The van der Waals surface area contributed by atoms with Crippen LogP contribution in [0.1, 0.15) is 11.1 Å². The lowest BCUT2D eigenvalue weighted by Gasteiger charge is -2.10. The van der Waals surface area contributed by atoms with Gasteiger partial charge in [0.2, 0.25) is 0 Å². The van der Waals surface area contributed by atoms with Crippen molar-refractivity contribution in [1.82, 2.24) is 0 Å². The van der Waals surface area contributed by atoms with E-state index in [9.17, 15) is 4.79 Å². The van der Waals surface area contributed by atoms with Gasteiger partial charge in [0.1, 0.15) is 5.75 Å². The first kappa shape index (κ1) is 14.6. The minimum Gasteiger partial charge on any atom is -0.484 e. The highest BCUT2D eigenvalue weighted by atomic mass is 79.9. The summed E-state index contributed by atoms with van der Waals surface area (Å²) in [4.78, 5) is 11.9. The smallest absolute Gasteiger partial charge is 0.262 e. The molecule has 1 amide bonds. The van der Waals surface area contributed by atoms with Gasteiger partial charge in [-0.15, -0.1) is 0 Å². The van der Waals surface area contributed by atoms with E-state index in [2.05, 4.69) is 27.3 Å². The molecule has 0 unspecified atom stereocenters. The Morgan fingerprint density at radius 1 is 1.15 bits per heavy atom. The molecule has 0 bridgehead atoms. The number of aryl methyl sites for hydroxylation is 2. The fourth-order valence-corrected chi connectivity index (χ4v) is 2.30. The number of hydrogen-bond donors (Lipinski definition) is 1. The first-order valence-corrected chi connectivity index (χ1v) is 7.09. The molecule has 0 spiro atoms. The monoisotopic (exact) mass is 333 g/mol. The maximum Gasteiger partial charge on any atom is 0.262 e. The molecule has 2 aromatic rings. The SMILES string of the molecule is Cc1cc(C)cc(OCC(=O)Nc2ccccc2Br)c1. The minimum atomic E-state index is -0.184. The van der Waals surface area contributed by atoms with Crippen LogP contribution in [0, 0.1) is 13.8 Å². The summed E-state index contributed by atoms with van der Waals surface area (Å²) < 4.78 is 6.36. The molecular weight excluding hydrogens is 318 g/mol. The molecule has 20 heavy (non-hydrogen) atoms. The largest absolute Gasteiger partial charge is 0.484 e. The standard InChI is InChI=1S/C16H16BrNO2/c1-11-7-12(2)9-13(8-11)20-10-16(19)18-15-6-4-3-5-14(15)17/h3-9H,10H2,1-2H3,(H,18,19). The second-order valence-electron chi connectivity index (χ2n) is 4.64. The van der Waals surface area contributed by atoms with E-state index in [0.717, 1.165) is 21.3 Å². The predicted octanol–water partition coefficient (Wildman–Crippen LogP) is 4.08. The van der Waals surface area contributed by atoms with Crippen molar-refractivity contribution in [3.8, 4) is 5.75 Å². The van der Waals surface area contributed by atoms with Crippen LogP contribution in [0.2, 0.25) is 0 Å². The third kappa shape index (κ3) is 4.10. The van der Waals surface area contributed by atoms with E-state index in [1.165, 1.54) is 0 Å². The van der Waals surface area contributed by atoms with Crippen LogP contribution in [0.15, 0.2) is 46.9 Å². The Labute approximate surface area is 127 Å². The molecule has 0 atom stereocenters. The van der Waals surface area contributed by atoms with Crippen molar-refractivity contribution >= 4 is 27.5 Å². The first-order valence-electron chi connectivity index (χ1n) is 6.30. The average molecular weight is 334 g/mol. The van der Waals surface area contributed by atoms with E-state index in [-0.39, 0.29) is 12.5 Å². The lowest BCUT2D eigenvalue weighted by molar-refractivity contribution is -0.118. The van der Waals surface area contributed by atoms with Gasteiger partial charge in [0.15, 0.2) is 6.61 Å². The Morgan fingerprint density at radius 3 is 2.45 bits per heavy atom. The molecule has 0 aliphatic rings. The predicted molar refractivity (Wildman–Crippen MR) is 84.2 cm³/mol. The number of rotatable bonds is 4. The summed E-state index contributed by atoms with van der Waals surface area (Å²) >= 11 is 3.38. The van der Waals surface area contributed by atoms with Crippen LogP contribution in [0.5, 0.6) is 5.75 Å². The van der Waals surface area contributed by atoms with Gasteiger partial charge in [0, 0.05) is 4.47 Å². The van der Waals surface area contributed by atoms with Gasteiger partial charge in [-0.05, 0) is 65.2 Å². The van der Waals surface area contributed by atoms with Crippen molar-refractivity contribution in [3.05, 3.63) is 58.1 Å². The lowest BCUT2D eigenvalue weighted by Crippen LogP contribution is -2.20. The van der Waals surface area contributed by atoms with Crippen LogP contribution in [0.25, 0.3) is 0 Å². The number of hydrogen-bond acceptors (Lipinski definition) is 2. The zero-order valence-electron chi connectivity index (χ0n) is 11.4. The van der Waals surface area contributed by atoms with Crippen LogP contribution in [-0.2, 0) is 4.79 Å². The molecule has 0 fully saturated rings.